The lowest BCUT2D eigenvalue weighted by Crippen LogP contribution is -2.03. The van der Waals surface area contributed by atoms with Crippen LogP contribution in [0.1, 0.15) is 11.1 Å². The Morgan fingerprint density at radius 2 is 1.86 bits per heavy atom. The van der Waals surface area contributed by atoms with Gasteiger partial charge < -0.3 is 10.4 Å². The summed E-state index contributed by atoms with van der Waals surface area (Å²) in [5, 5.41) is 12.7. The Morgan fingerprint density at radius 1 is 1.19 bits per heavy atom. The van der Waals surface area contributed by atoms with Crippen molar-refractivity contribution in [2.75, 3.05) is 5.32 Å². The summed E-state index contributed by atoms with van der Waals surface area (Å²) in [6.07, 6.45) is 1.84. The van der Waals surface area contributed by atoms with Gasteiger partial charge >= 0.3 is 0 Å². The summed E-state index contributed by atoms with van der Waals surface area (Å²) in [6.45, 7) is 0. The molecule has 0 saturated heterocycles. The number of anilines is 1. The third-order valence-corrected chi connectivity index (χ3v) is 5.44. The maximum Gasteiger partial charge on any atom is 0.256 e. The molecule has 1 aliphatic heterocycles. The summed E-state index contributed by atoms with van der Waals surface area (Å²) >= 11 is 7.60. The molecule has 3 rings (SSSR count). The molecule has 0 aromatic heterocycles. The van der Waals surface area contributed by atoms with Crippen LogP contribution >= 0.6 is 61.1 Å². The van der Waals surface area contributed by atoms with Crippen LogP contribution in [0.3, 0.4) is 0 Å². The number of hydrogen-bond donors (Lipinski definition) is 2. The van der Waals surface area contributed by atoms with Crippen LogP contribution in [0.5, 0.6) is 5.75 Å². The molecule has 2 N–H and O–H groups in total. The highest BCUT2D eigenvalue weighted by atomic mass is 127. The summed E-state index contributed by atoms with van der Waals surface area (Å²) in [5.41, 5.74) is 3.20. The van der Waals surface area contributed by atoms with E-state index in [4.69, 9.17) is 0 Å². The Kier molecular flexibility index (Phi) is 4.28. The molecule has 3 nitrogen and oxygen atoms in total. The van der Waals surface area contributed by atoms with Crippen molar-refractivity contribution in [3.05, 3.63) is 53.1 Å². The van der Waals surface area contributed by atoms with E-state index in [2.05, 4.69) is 66.4 Å². The number of carbonyl (C=O) groups excluding carboxylic acids is 1. The first-order valence-corrected chi connectivity index (χ1v) is 8.92. The summed E-state index contributed by atoms with van der Waals surface area (Å²) in [5.74, 6) is 0.160. The fourth-order valence-electron chi connectivity index (χ4n) is 2.16. The van der Waals surface area contributed by atoms with Crippen LogP contribution < -0.4 is 5.32 Å². The first-order valence-electron chi connectivity index (χ1n) is 5.97. The second-order valence-corrected chi connectivity index (χ2v) is 7.69. The van der Waals surface area contributed by atoms with E-state index in [1.165, 1.54) is 0 Å². The van der Waals surface area contributed by atoms with Gasteiger partial charge in [0, 0.05) is 15.6 Å². The van der Waals surface area contributed by atoms with Gasteiger partial charge in [0.2, 0.25) is 0 Å². The topological polar surface area (TPSA) is 49.3 Å². The molecule has 0 spiro atoms. The zero-order valence-electron chi connectivity index (χ0n) is 10.5. The molecular weight excluding hydrogens is 560 g/mol. The molecular formula is C15H8BrI2NO2. The van der Waals surface area contributed by atoms with Crippen LogP contribution in [0.15, 0.2) is 34.8 Å². The van der Waals surface area contributed by atoms with Crippen LogP contribution in [0.2, 0.25) is 0 Å². The van der Waals surface area contributed by atoms with Crippen molar-refractivity contribution in [1.29, 1.82) is 0 Å². The first kappa shape index (κ1) is 15.3. The third-order valence-electron chi connectivity index (χ3n) is 3.14. The van der Waals surface area contributed by atoms with E-state index in [0.717, 1.165) is 28.4 Å². The fourth-order valence-corrected chi connectivity index (χ4v) is 4.44. The number of phenols is 1. The molecule has 0 aliphatic carbocycles. The normalized spacial score (nSPS) is 15.2. The van der Waals surface area contributed by atoms with Gasteiger partial charge in [-0.2, -0.15) is 0 Å². The van der Waals surface area contributed by atoms with Crippen molar-refractivity contribution in [2.24, 2.45) is 0 Å². The molecule has 0 atom stereocenters. The predicted molar refractivity (Wildman–Crippen MR) is 104 cm³/mol. The molecule has 21 heavy (non-hydrogen) atoms. The van der Waals surface area contributed by atoms with Gasteiger partial charge in [0.05, 0.1) is 12.8 Å². The molecule has 0 fully saturated rings. The van der Waals surface area contributed by atoms with E-state index < -0.39 is 0 Å². The minimum Gasteiger partial charge on any atom is -0.506 e. The predicted octanol–water partition coefficient (Wildman–Crippen LogP) is 4.86. The maximum absolute atomic E-state index is 12.2. The standard InChI is InChI=1S/C15H8BrI2NO2/c16-10-3-1-2-8-9(15(21)19-13(8)10)4-7-5-11(17)14(20)12(18)6-7/h1-6,20H,(H,19,21)/b9-4+. The van der Waals surface area contributed by atoms with E-state index >= 15 is 0 Å². The first-order chi connectivity index (χ1) is 9.97. The maximum atomic E-state index is 12.2. The Morgan fingerprint density at radius 3 is 2.52 bits per heavy atom. The lowest BCUT2D eigenvalue weighted by molar-refractivity contribution is -0.110. The second kappa shape index (κ2) is 5.88. The molecule has 0 bridgehead atoms. The van der Waals surface area contributed by atoms with E-state index in [0.29, 0.717) is 5.57 Å². The van der Waals surface area contributed by atoms with Gasteiger partial charge in [-0.1, -0.05) is 12.1 Å². The number of nitrogens with one attached hydrogen (secondary N) is 1. The molecule has 1 amide bonds. The zero-order valence-corrected chi connectivity index (χ0v) is 16.4. The Balaban J connectivity index is 2.14. The smallest absolute Gasteiger partial charge is 0.256 e. The molecule has 0 unspecified atom stereocenters. The number of carbonyl (C=O) groups is 1. The van der Waals surface area contributed by atoms with Crippen molar-refractivity contribution >= 4 is 84.4 Å². The molecule has 2 aromatic carbocycles. The average Bonchev–Trinajstić information content (AvgIpc) is 2.75. The SMILES string of the molecule is O=C1Nc2c(Br)cccc2/C1=C\c1cc(I)c(O)c(I)c1. The van der Waals surface area contributed by atoms with E-state index in [1.807, 2.05) is 36.4 Å². The summed E-state index contributed by atoms with van der Waals surface area (Å²) in [4.78, 5) is 12.2. The Labute approximate surface area is 157 Å². The highest BCUT2D eigenvalue weighted by Gasteiger charge is 2.25. The molecule has 1 heterocycles. The molecule has 106 valence electrons. The number of phenolic OH excluding ortho intramolecular Hbond substituents is 1. The van der Waals surface area contributed by atoms with Crippen LogP contribution in [0.25, 0.3) is 11.6 Å². The van der Waals surface area contributed by atoms with E-state index in [1.54, 1.807) is 0 Å². The second-order valence-electron chi connectivity index (χ2n) is 4.51. The summed E-state index contributed by atoms with van der Waals surface area (Å²) in [6, 6.07) is 9.43. The highest BCUT2D eigenvalue weighted by Crippen LogP contribution is 2.38. The number of fused-ring (bicyclic) bond motifs is 1. The number of para-hydroxylation sites is 1. The number of rotatable bonds is 1. The molecule has 6 heteroatoms. The fraction of sp³-hybridized carbons (Fsp3) is 0. The van der Waals surface area contributed by atoms with Gasteiger partial charge in [-0.3, -0.25) is 4.79 Å². The van der Waals surface area contributed by atoms with Crippen molar-refractivity contribution < 1.29 is 9.90 Å². The number of benzene rings is 2. The lowest BCUT2D eigenvalue weighted by Gasteiger charge is -2.04. The minimum atomic E-state index is -0.116. The Bertz CT molecular complexity index is 779. The van der Waals surface area contributed by atoms with Gasteiger partial charge in [0.25, 0.3) is 5.91 Å². The quantitative estimate of drug-likeness (QED) is 0.382. The van der Waals surface area contributed by atoms with Crippen molar-refractivity contribution in [1.82, 2.24) is 0 Å². The molecule has 1 aliphatic rings. The van der Waals surface area contributed by atoms with Gasteiger partial charge in [0.1, 0.15) is 5.75 Å². The van der Waals surface area contributed by atoms with Gasteiger partial charge in [-0.05, 0) is 91.0 Å². The van der Waals surface area contributed by atoms with Crippen molar-refractivity contribution in [3.8, 4) is 5.75 Å². The number of aromatic hydroxyl groups is 1. The number of amides is 1. The van der Waals surface area contributed by atoms with Crippen LogP contribution in [-0.2, 0) is 4.79 Å². The van der Waals surface area contributed by atoms with Crippen molar-refractivity contribution in [2.45, 2.75) is 0 Å². The van der Waals surface area contributed by atoms with E-state index in [9.17, 15) is 9.90 Å². The van der Waals surface area contributed by atoms with Crippen LogP contribution in [0, 0.1) is 7.14 Å². The van der Waals surface area contributed by atoms with Gasteiger partial charge in [0.15, 0.2) is 0 Å². The summed E-state index contributed by atoms with van der Waals surface area (Å²) in [7, 11) is 0. The van der Waals surface area contributed by atoms with Gasteiger partial charge in [-0.25, -0.2) is 0 Å². The highest BCUT2D eigenvalue weighted by molar-refractivity contribution is 14.1. The third kappa shape index (κ3) is 2.85. The van der Waals surface area contributed by atoms with Crippen molar-refractivity contribution in [3.63, 3.8) is 0 Å². The molecule has 2 aromatic rings. The van der Waals surface area contributed by atoms with Crippen LogP contribution in [0.4, 0.5) is 5.69 Å². The molecule has 0 radical (unpaired) electrons. The largest absolute Gasteiger partial charge is 0.506 e. The lowest BCUT2D eigenvalue weighted by atomic mass is 10.0. The summed E-state index contributed by atoms with van der Waals surface area (Å²) < 4.78 is 2.39. The van der Waals surface area contributed by atoms with Crippen LogP contribution in [-0.4, -0.2) is 11.0 Å². The monoisotopic (exact) mass is 567 g/mol. The molecule has 0 saturated carbocycles. The van der Waals surface area contributed by atoms with Gasteiger partial charge in [-0.15, -0.1) is 0 Å². The van der Waals surface area contributed by atoms with E-state index in [-0.39, 0.29) is 11.7 Å². The number of halogens is 3. The zero-order chi connectivity index (χ0) is 15.1. The number of hydrogen-bond acceptors (Lipinski definition) is 2. The minimum absolute atomic E-state index is 0.116. The Hall–Kier alpha value is -0.610. The average molecular weight is 568 g/mol.